The van der Waals surface area contributed by atoms with Gasteiger partial charge in [-0.2, -0.15) is 0 Å². The van der Waals surface area contributed by atoms with Gasteiger partial charge in [-0.25, -0.2) is 9.13 Å². The lowest BCUT2D eigenvalue weighted by atomic mass is 10.0. The summed E-state index contributed by atoms with van der Waals surface area (Å²) in [6.07, 6.45) is 67.6. The lowest BCUT2D eigenvalue weighted by Crippen LogP contribution is -2.30. The van der Waals surface area contributed by atoms with E-state index < -0.39 is 97.5 Å². The molecular formula is C83H158O17P2. The molecule has 102 heavy (non-hydrogen) atoms. The SMILES string of the molecule is CCCCCC/C=C\C=C/CCCCCCCC(=O)O[C@H](COC(=O)CCCCCCCCCC(C)C)COP(=O)(O)OC[C@H](O)COP(=O)(O)OC[C@@H](COC(=O)CCCCCCCCCCCCCCCC(C)C)OC(=O)CCCCCCCCCCCCCCCCCCCCCCC. The van der Waals surface area contributed by atoms with Crippen LogP contribution in [0.1, 0.15) is 414 Å². The summed E-state index contributed by atoms with van der Waals surface area (Å²) in [6, 6.07) is 0. The van der Waals surface area contributed by atoms with Crippen molar-refractivity contribution in [2.75, 3.05) is 39.6 Å². The Labute approximate surface area is 624 Å². The molecule has 2 unspecified atom stereocenters. The number of hydrogen-bond donors (Lipinski definition) is 3. The lowest BCUT2D eigenvalue weighted by Gasteiger charge is -2.21. The first-order valence-electron chi connectivity index (χ1n) is 42.3. The van der Waals surface area contributed by atoms with Crippen molar-refractivity contribution in [1.29, 1.82) is 0 Å². The van der Waals surface area contributed by atoms with E-state index in [-0.39, 0.29) is 25.7 Å². The van der Waals surface area contributed by atoms with E-state index in [1.165, 1.54) is 212 Å². The van der Waals surface area contributed by atoms with Crippen LogP contribution in [-0.2, 0) is 65.4 Å². The quantitative estimate of drug-likeness (QED) is 0.0169. The van der Waals surface area contributed by atoms with Gasteiger partial charge in [-0.15, -0.1) is 0 Å². The van der Waals surface area contributed by atoms with Gasteiger partial charge in [0.1, 0.15) is 19.3 Å². The van der Waals surface area contributed by atoms with E-state index in [1.807, 2.05) is 0 Å². The number of carbonyl (C=O) groups excluding carboxylic acids is 4. The van der Waals surface area contributed by atoms with Crippen molar-refractivity contribution < 1.29 is 80.2 Å². The van der Waals surface area contributed by atoms with E-state index in [9.17, 15) is 43.2 Å². The number of hydrogen-bond acceptors (Lipinski definition) is 15. The lowest BCUT2D eigenvalue weighted by molar-refractivity contribution is -0.161. The van der Waals surface area contributed by atoms with Gasteiger partial charge in [0.25, 0.3) is 0 Å². The standard InChI is InChI=1S/C83H158O17P2/c1-7-9-11-13-15-17-19-21-23-24-25-26-27-28-30-34-39-43-49-56-62-68-82(87)99-78(71-93-80(85)65-59-53-47-41-37-35-31-32-36-40-45-51-57-63-75(3)4)73-97-101(89,90)95-69-77(84)70-96-102(91,92)98-74-79(72-94-81(86)66-60-54-50-44-46-52-58-64-76(5)6)100-83(88)67-61-55-48-42-38-33-29-22-20-18-16-14-12-10-8-2/h18,20,22,29,75-79,84H,7-17,19,21,23-28,30-74H2,1-6H3,(H,89,90)(H,91,92)/b20-18-,29-22-/t77-,78-,79-/m1/s1. The number of aliphatic hydroxyl groups is 1. The summed E-state index contributed by atoms with van der Waals surface area (Å²) in [5.41, 5.74) is 0. The maximum Gasteiger partial charge on any atom is 0.472 e. The van der Waals surface area contributed by atoms with Crippen LogP contribution in [0.2, 0.25) is 0 Å². The highest BCUT2D eigenvalue weighted by Crippen LogP contribution is 2.45. The number of aliphatic hydroxyl groups excluding tert-OH is 1. The summed E-state index contributed by atoms with van der Waals surface area (Å²) in [6.45, 7) is 9.53. The van der Waals surface area contributed by atoms with Crippen molar-refractivity contribution in [3.63, 3.8) is 0 Å². The monoisotopic (exact) mass is 1490 g/mol. The number of phosphoric ester groups is 2. The number of allylic oxidation sites excluding steroid dienone is 4. The molecule has 0 aliphatic carbocycles. The fraction of sp³-hybridized carbons (Fsp3) is 0.904. The fourth-order valence-corrected chi connectivity index (χ4v) is 13.9. The Hall–Kier alpha value is -2.46. The zero-order chi connectivity index (χ0) is 74.9. The predicted molar refractivity (Wildman–Crippen MR) is 418 cm³/mol. The highest BCUT2D eigenvalue weighted by molar-refractivity contribution is 7.47. The molecule has 0 amide bonds. The van der Waals surface area contributed by atoms with E-state index in [0.717, 1.165) is 115 Å². The molecule has 3 N–H and O–H groups in total. The Kier molecular flexibility index (Phi) is 72.2. The molecule has 0 rings (SSSR count). The molecule has 0 heterocycles. The average molecular weight is 1490 g/mol. The second-order valence-electron chi connectivity index (χ2n) is 30.1. The van der Waals surface area contributed by atoms with Gasteiger partial charge in [0.2, 0.25) is 0 Å². The molecular weight excluding hydrogens is 1330 g/mol. The third-order valence-corrected chi connectivity index (χ3v) is 20.7. The Morgan fingerprint density at radius 2 is 0.529 bits per heavy atom. The summed E-state index contributed by atoms with van der Waals surface area (Å²) in [4.78, 5) is 73.0. The number of esters is 4. The number of ether oxygens (including phenoxy) is 4. The first kappa shape index (κ1) is 99.5. The molecule has 0 aliphatic rings. The van der Waals surface area contributed by atoms with Crippen molar-refractivity contribution in [2.24, 2.45) is 11.8 Å². The van der Waals surface area contributed by atoms with Crippen LogP contribution in [0.15, 0.2) is 24.3 Å². The molecule has 0 bridgehead atoms. The number of rotatable bonds is 80. The highest BCUT2D eigenvalue weighted by atomic mass is 31.2. The Morgan fingerprint density at radius 1 is 0.304 bits per heavy atom. The van der Waals surface area contributed by atoms with Gasteiger partial charge >= 0.3 is 39.5 Å². The largest absolute Gasteiger partial charge is 0.472 e. The van der Waals surface area contributed by atoms with E-state index in [2.05, 4.69) is 65.8 Å². The first-order valence-corrected chi connectivity index (χ1v) is 45.3. The molecule has 0 radical (unpaired) electrons. The maximum absolute atomic E-state index is 13.1. The van der Waals surface area contributed by atoms with Crippen molar-refractivity contribution in [1.82, 2.24) is 0 Å². The van der Waals surface area contributed by atoms with Crippen LogP contribution in [-0.4, -0.2) is 96.7 Å². The smallest absolute Gasteiger partial charge is 0.462 e. The predicted octanol–water partition coefficient (Wildman–Crippen LogP) is 24.6. The van der Waals surface area contributed by atoms with Crippen LogP contribution < -0.4 is 0 Å². The van der Waals surface area contributed by atoms with Crippen molar-refractivity contribution in [3.05, 3.63) is 24.3 Å². The van der Waals surface area contributed by atoms with E-state index in [1.54, 1.807) is 0 Å². The third kappa shape index (κ3) is 75.8. The summed E-state index contributed by atoms with van der Waals surface area (Å²) < 4.78 is 68.7. The molecule has 0 saturated heterocycles. The zero-order valence-electron chi connectivity index (χ0n) is 66.4. The number of carbonyl (C=O) groups is 4. The summed E-state index contributed by atoms with van der Waals surface area (Å²) in [5, 5.41) is 10.6. The van der Waals surface area contributed by atoms with Crippen molar-refractivity contribution in [2.45, 2.75) is 432 Å². The van der Waals surface area contributed by atoms with Gasteiger partial charge in [-0.1, -0.05) is 361 Å². The Bertz CT molecular complexity index is 2050. The molecule has 17 nitrogen and oxygen atoms in total. The van der Waals surface area contributed by atoms with Gasteiger partial charge in [0.15, 0.2) is 12.2 Å². The third-order valence-electron chi connectivity index (χ3n) is 18.8. The fourth-order valence-electron chi connectivity index (χ4n) is 12.3. The molecule has 0 saturated carbocycles. The summed E-state index contributed by atoms with van der Waals surface area (Å²) >= 11 is 0. The van der Waals surface area contributed by atoms with Crippen molar-refractivity contribution >= 4 is 39.5 Å². The molecule has 0 aromatic heterocycles. The number of phosphoric acid groups is 2. The number of unbranched alkanes of at least 4 members (excludes halogenated alkanes) is 47. The molecule has 5 atom stereocenters. The minimum absolute atomic E-state index is 0.0844. The molecule has 0 spiro atoms. The van der Waals surface area contributed by atoms with Crippen LogP contribution >= 0.6 is 15.6 Å². The van der Waals surface area contributed by atoms with Crippen LogP contribution in [0.25, 0.3) is 0 Å². The van der Waals surface area contributed by atoms with E-state index >= 15 is 0 Å². The van der Waals surface area contributed by atoms with Crippen LogP contribution in [0.4, 0.5) is 0 Å². The minimum Gasteiger partial charge on any atom is -0.462 e. The highest BCUT2D eigenvalue weighted by Gasteiger charge is 2.30. The maximum atomic E-state index is 13.1. The molecule has 0 aromatic rings. The topological polar surface area (TPSA) is 237 Å². The molecule has 0 aliphatic heterocycles. The van der Waals surface area contributed by atoms with Gasteiger partial charge in [-0.3, -0.25) is 37.3 Å². The van der Waals surface area contributed by atoms with E-state index in [4.69, 9.17) is 37.0 Å². The van der Waals surface area contributed by atoms with E-state index in [0.29, 0.717) is 31.6 Å². The van der Waals surface area contributed by atoms with Crippen molar-refractivity contribution in [3.8, 4) is 0 Å². The molecule has 19 heteroatoms. The van der Waals surface area contributed by atoms with Crippen LogP contribution in [0, 0.1) is 11.8 Å². The average Bonchev–Trinajstić information content (AvgIpc) is 0.911. The second kappa shape index (κ2) is 74.0. The Morgan fingerprint density at radius 3 is 0.804 bits per heavy atom. The van der Waals surface area contributed by atoms with Gasteiger partial charge in [0, 0.05) is 25.7 Å². The molecule has 0 fully saturated rings. The summed E-state index contributed by atoms with van der Waals surface area (Å²) in [5.74, 6) is -0.647. The van der Waals surface area contributed by atoms with Gasteiger partial charge < -0.3 is 33.8 Å². The summed E-state index contributed by atoms with van der Waals surface area (Å²) in [7, 11) is -9.94. The molecule has 602 valence electrons. The normalized spacial score (nSPS) is 14.0. The zero-order valence-corrected chi connectivity index (χ0v) is 68.2. The Balaban J connectivity index is 5.26. The second-order valence-corrected chi connectivity index (χ2v) is 33.0. The van der Waals surface area contributed by atoms with Crippen LogP contribution in [0.3, 0.4) is 0 Å². The minimum atomic E-state index is -4.97. The molecule has 0 aromatic carbocycles. The van der Waals surface area contributed by atoms with Crippen LogP contribution in [0.5, 0.6) is 0 Å². The first-order chi connectivity index (χ1) is 49.4. The van der Waals surface area contributed by atoms with Gasteiger partial charge in [0.05, 0.1) is 26.4 Å². The van der Waals surface area contributed by atoms with Gasteiger partial charge in [-0.05, 0) is 63.2 Å².